The Morgan fingerprint density at radius 1 is 1.03 bits per heavy atom. The second-order valence-corrected chi connectivity index (χ2v) is 7.25. The Labute approximate surface area is 187 Å². The molecule has 0 saturated carbocycles. The van der Waals surface area contributed by atoms with Gasteiger partial charge in [0.25, 0.3) is 5.91 Å². The highest BCUT2D eigenvalue weighted by Crippen LogP contribution is 2.28. The standard InChI is InChI=1S/C23H20BrFN2O4/c1-29-20-10-8-17(24)12-18(20)23(28)27-26-13-15-7-9-21(22(11-15)30-2)31-14-16-5-3-4-6-19(16)25/h3-13H,14H2,1-2H3,(H,27,28)/b26-13-. The first-order chi connectivity index (χ1) is 15.0. The number of carbonyl (C=O) groups excluding carboxylic acids is 1. The molecule has 8 heteroatoms. The third-order valence-corrected chi connectivity index (χ3v) is 4.81. The van der Waals surface area contributed by atoms with Crippen LogP contribution in [0, 0.1) is 5.82 Å². The van der Waals surface area contributed by atoms with Crippen LogP contribution in [0.4, 0.5) is 4.39 Å². The van der Waals surface area contributed by atoms with Gasteiger partial charge in [-0.2, -0.15) is 5.10 Å². The molecule has 31 heavy (non-hydrogen) atoms. The van der Waals surface area contributed by atoms with E-state index in [0.717, 1.165) is 4.47 Å². The Bertz CT molecular complexity index is 1100. The predicted octanol–water partition coefficient (Wildman–Crippen LogP) is 4.95. The van der Waals surface area contributed by atoms with Crippen molar-refractivity contribution < 1.29 is 23.4 Å². The van der Waals surface area contributed by atoms with Crippen LogP contribution in [0.15, 0.2) is 70.2 Å². The zero-order valence-corrected chi connectivity index (χ0v) is 18.5. The minimum atomic E-state index is -0.411. The quantitative estimate of drug-likeness (QED) is 0.361. The zero-order valence-electron chi connectivity index (χ0n) is 16.9. The van der Waals surface area contributed by atoms with Crippen LogP contribution in [-0.4, -0.2) is 26.3 Å². The van der Waals surface area contributed by atoms with Gasteiger partial charge in [0.05, 0.1) is 26.0 Å². The van der Waals surface area contributed by atoms with Crippen molar-refractivity contribution in [1.29, 1.82) is 0 Å². The summed E-state index contributed by atoms with van der Waals surface area (Å²) in [5, 5.41) is 3.99. The van der Waals surface area contributed by atoms with Gasteiger partial charge in [0.1, 0.15) is 18.2 Å². The Balaban J connectivity index is 1.67. The van der Waals surface area contributed by atoms with E-state index < -0.39 is 5.91 Å². The molecule has 0 bridgehead atoms. The summed E-state index contributed by atoms with van der Waals surface area (Å²) in [4.78, 5) is 12.4. The predicted molar refractivity (Wildman–Crippen MR) is 119 cm³/mol. The third-order valence-electron chi connectivity index (χ3n) is 4.31. The van der Waals surface area contributed by atoms with Gasteiger partial charge in [0.15, 0.2) is 11.5 Å². The molecule has 3 aromatic rings. The highest BCUT2D eigenvalue weighted by Gasteiger charge is 2.12. The van der Waals surface area contributed by atoms with Gasteiger partial charge in [-0.3, -0.25) is 4.79 Å². The lowest BCUT2D eigenvalue weighted by Crippen LogP contribution is -2.18. The van der Waals surface area contributed by atoms with Crippen molar-refractivity contribution in [3.63, 3.8) is 0 Å². The SMILES string of the molecule is COc1cc(/C=N\NC(=O)c2cc(Br)ccc2OC)ccc1OCc1ccccc1F. The lowest BCUT2D eigenvalue weighted by Gasteiger charge is -2.11. The van der Waals surface area contributed by atoms with E-state index in [2.05, 4.69) is 26.5 Å². The van der Waals surface area contributed by atoms with Gasteiger partial charge in [-0.25, -0.2) is 9.82 Å². The van der Waals surface area contributed by atoms with E-state index in [9.17, 15) is 9.18 Å². The first-order valence-electron chi connectivity index (χ1n) is 9.23. The smallest absolute Gasteiger partial charge is 0.275 e. The van der Waals surface area contributed by atoms with Crippen molar-refractivity contribution in [3.8, 4) is 17.2 Å². The Morgan fingerprint density at radius 2 is 1.77 bits per heavy atom. The summed E-state index contributed by atoms with van der Waals surface area (Å²) < 4.78 is 30.8. The van der Waals surface area contributed by atoms with Crippen molar-refractivity contribution in [1.82, 2.24) is 5.43 Å². The number of nitrogens with one attached hydrogen (secondary N) is 1. The maximum Gasteiger partial charge on any atom is 0.275 e. The number of nitrogens with zero attached hydrogens (tertiary/aromatic N) is 1. The van der Waals surface area contributed by atoms with Crippen LogP contribution < -0.4 is 19.6 Å². The van der Waals surface area contributed by atoms with Gasteiger partial charge in [0, 0.05) is 10.0 Å². The summed E-state index contributed by atoms with van der Waals surface area (Å²) >= 11 is 3.33. The van der Waals surface area contributed by atoms with Crippen molar-refractivity contribution in [3.05, 3.63) is 87.6 Å². The molecular weight excluding hydrogens is 467 g/mol. The second-order valence-electron chi connectivity index (χ2n) is 6.33. The van der Waals surface area contributed by atoms with Crippen LogP contribution in [0.2, 0.25) is 0 Å². The minimum Gasteiger partial charge on any atom is -0.496 e. The molecule has 0 heterocycles. The van der Waals surface area contributed by atoms with Gasteiger partial charge in [-0.1, -0.05) is 34.1 Å². The molecule has 6 nitrogen and oxygen atoms in total. The number of rotatable bonds is 8. The molecule has 1 amide bonds. The van der Waals surface area contributed by atoms with Crippen LogP contribution in [0.25, 0.3) is 0 Å². The Kier molecular flexibility index (Phi) is 7.61. The van der Waals surface area contributed by atoms with Crippen LogP contribution in [0.1, 0.15) is 21.5 Å². The Morgan fingerprint density at radius 3 is 2.52 bits per heavy atom. The van der Waals surface area contributed by atoms with Gasteiger partial charge < -0.3 is 14.2 Å². The molecule has 3 aromatic carbocycles. The summed E-state index contributed by atoms with van der Waals surface area (Å²) in [5.41, 5.74) is 3.94. The molecule has 3 rings (SSSR count). The van der Waals surface area contributed by atoms with Crippen LogP contribution in [0.5, 0.6) is 17.2 Å². The van der Waals surface area contributed by atoms with Crippen LogP contribution >= 0.6 is 15.9 Å². The first kappa shape index (κ1) is 22.3. The van der Waals surface area contributed by atoms with E-state index >= 15 is 0 Å². The third kappa shape index (κ3) is 5.82. The molecule has 0 aliphatic rings. The lowest BCUT2D eigenvalue weighted by molar-refractivity contribution is 0.0952. The molecule has 0 fully saturated rings. The summed E-state index contributed by atoms with van der Waals surface area (Å²) in [5.74, 6) is 0.620. The fraction of sp³-hybridized carbons (Fsp3) is 0.130. The van der Waals surface area contributed by atoms with Gasteiger partial charge >= 0.3 is 0 Å². The highest BCUT2D eigenvalue weighted by molar-refractivity contribution is 9.10. The number of benzene rings is 3. The topological polar surface area (TPSA) is 69.2 Å². The van der Waals surface area contributed by atoms with E-state index in [1.807, 2.05) is 0 Å². The zero-order chi connectivity index (χ0) is 22.2. The first-order valence-corrected chi connectivity index (χ1v) is 10.0. The van der Waals surface area contributed by atoms with E-state index in [-0.39, 0.29) is 12.4 Å². The van der Waals surface area contributed by atoms with E-state index in [0.29, 0.717) is 33.9 Å². The lowest BCUT2D eigenvalue weighted by atomic mass is 10.2. The molecule has 0 aromatic heterocycles. The molecule has 0 spiro atoms. The molecule has 0 unspecified atom stereocenters. The number of hydrazone groups is 1. The van der Waals surface area contributed by atoms with E-state index in [1.54, 1.807) is 54.6 Å². The highest BCUT2D eigenvalue weighted by atomic mass is 79.9. The van der Waals surface area contributed by atoms with Crippen molar-refractivity contribution in [2.45, 2.75) is 6.61 Å². The fourth-order valence-corrected chi connectivity index (χ4v) is 3.10. The normalized spacial score (nSPS) is 10.7. The average Bonchev–Trinajstić information content (AvgIpc) is 2.78. The van der Waals surface area contributed by atoms with Crippen molar-refractivity contribution in [2.24, 2.45) is 5.10 Å². The van der Waals surface area contributed by atoms with E-state index in [1.165, 1.54) is 26.5 Å². The summed E-state index contributed by atoms with van der Waals surface area (Å²) in [6.45, 7) is 0.0704. The Hall–Kier alpha value is -3.39. The number of hydrogen-bond donors (Lipinski definition) is 1. The average molecular weight is 487 g/mol. The molecule has 0 radical (unpaired) electrons. The molecule has 0 saturated heterocycles. The number of carbonyl (C=O) groups is 1. The maximum absolute atomic E-state index is 13.8. The maximum atomic E-state index is 13.8. The van der Waals surface area contributed by atoms with Crippen LogP contribution in [-0.2, 0) is 6.61 Å². The van der Waals surface area contributed by atoms with Crippen molar-refractivity contribution in [2.75, 3.05) is 14.2 Å². The summed E-state index contributed by atoms with van der Waals surface area (Å²) in [7, 11) is 3.00. The number of halogens is 2. The molecule has 0 aliphatic carbocycles. The van der Waals surface area contributed by atoms with E-state index in [4.69, 9.17) is 14.2 Å². The molecule has 0 aliphatic heterocycles. The number of amides is 1. The molecule has 160 valence electrons. The van der Waals surface area contributed by atoms with Gasteiger partial charge in [-0.05, 0) is 48.0 Å². The van der Waals surface area contributed by atoms with Crippen molar-refractivity contribution >= 4 is 28.1 Å². The molecule has 0 atom stereocenters. The molecule has 1 N–H and O–H groups in total. The minimum absolute atomic E-state index is 0.0704. The fourth-order valence-electron chi connectivity index (χ4n) is 2.74. The van der Waals surface area contributed by atoms with Gasteiger partial charge in [0.2, 0.25) is 0 Å². The number of hydrogen-bond acceptors (Lipinski definition) is 5. The number of ether oxygens (including phenoxy) is 3. The summed E-state index contributed by atoms with van der Waals surface area (Å²) in [6.07, 6.45) is 1.48. The van der Waals surface area contributed by atoms with Crippen LogP contribution in [0.3, 0.4) is 0 Å². The molecular formula is C23H20BrFN2O4. The monoisotopic (exact) mass is 486 g/mol. The van der Waals surface area contributed by atoms with Gasteiger partial charge in [-0.15, -0.1) is 0 Å². The summed E-state index contributed by atoms with van der Waals surface area (Å²) in [6, 6.07) is 16.7. The number of methoxy groups -OCH3 is 2. The largest absolute Gasteiger partial charge is 0.496 e. The second kappa shape index (κ2) is 10.6.